The van der Waals surface area contributed by atoms with Crippen LogP contribution in [0.2, 0.25) is 5.02 Å². The number of aryl methyl sites for hydroxylation is 1. The molecule has 2 aromatic carbocycles. The third kappa shape index (κ3) is 2.62. The van der Waals surface area contributed by atoms with E-state index in [1.165, 1.54) is 12.6 Å². The zero-order valence-corrected chi connectivity index (χ0v) is 13.1. The molecule has 1 N–H and O–H groups in total. The molecule has 4 nitrogen and oxygen atoms in total. The minimum Gasteiger partial charge on any atom is -0.468 e. The van der Waals surface area contributed by atoms with Crippen LogP contribution in [-0.2, 0) is 6.42 Å². The Morgan fingerprint density at radius 1 is 1.27 bits per heavy atom. The molecule has 2 aromatic rings. The largest absolute Gasteiger partial charge is 0.468 e. The van der Waals surface area contributed by atoms with E-state index in [0.29, 0.717) is 17.2 Å². The number of hydrogen-bond donors (Lipinski definition) is 1. The van der Waals surface area contributed by atoms with E-state index in [-0.39, 0.29) is 0 Å². The van der Waals surface area contributed by atoms with Crippen molar-refractivity contribution in [3.63, 3.8) is 0 Å². The first-order chi connectivity index (χ1) is 10.5. The monoisotopic (exact) mass is 317 g/mol. The van der Waals surface area contributed by atoms with Gasteiger partial charge in [0, 0.05) is 19.0 Å². The van der Waals surface area contributed by atoms with Crippen LogP contribution in [-0.4, -0.2) is 29.4 Å². The van der Waals surface area contributed by atoms with Crippen LogP contribution in [0.3, 0.4) is 0 Å². The van der Waals surface area contributed by atoms with Gasteiger partial charge in [0.05, 0.1) is 5.02 Å². The number of hydrogen-bond acceptors (Lipinski definition) is 2. The third-order valence-corrected chi connectivity index (χ3v) is 4.17. The summed E-state index contributed by atoms with van der Waals surface area (Å²) < 4.78 is 5.68. The number of likely N-dealkylation sites (N-methyl/N-ethyl adjacent to an activating group) is 1. The van der Waals surface area contributed by atoms with Crippen LogP contribution >= 0.6 is 11.6 Å². The summed E-state index contributed by atoms with van der Waals surface area (Å²) in [6, 6.07) is 12.1. The lowest BCUT2D eigenvalue weighted by atomic mass is 10.0. The molecular weight excluding hydrogens is 302 g/mol. The Morgan fingerprint density at radius 3 is 2.59 bits per heavy atom. The maximum absolute atomic E-state index is 11.1. The Kier molecular flexibility index (Phi) is 3.71. The highest BCUT2D eigenvalue weighted by molar-refractivity contribution is 6.32. The Morgan fingerprint density at radius 2 is 1.95 bits per heavy atom. The van der Waals surface area contributed by atoms with Gasteiger partial charge in [-0.1, -0.05) is 41.4 Å². The predicted octanol–water partition coefficient (Wildman–Crippen LogP) is 4.19. The SMILES string of the molecule is Cc1ccc(-c2cc(Cl)c3c(c2)CC(N(C)C(=O)O)O3)cc1. The molecule has 0 saturated heterocycles. The standard InChI is InChI=1S/C17H16ClNO3/c1-10-3-5-11(6-4-10)12-7-13-9-15(19(2)17(20)21)22-16(13)14(18)8-12/h3-8,15H,9H2,1-2H3,(H,20,21). The Labute approximate surface area is 133 Å². The topological polar surface area (TPSA) is 49.8 Å². The van der Waals surface area contributed by atoms with E-state index in [2.05, 4.69) is 0 Å². The second kappa shape index (κ2) is 5.54. The Hall–Kier alpha value is -2.20. The lowest BCUT2D eigenvalue weighted by Gasteiger charge is -2.20. The molecule has 22 heavy (non-hydrogen) atoms. The third-order valence-electron chi connectivity index (χ3n) is 3.89. The summed E-state index contributed by atoms with van der Waals surface area (Å²) in [5, 5.41) is 9.57. The number of halogens is 1. The number of carboxylic acid groups (broad SMARTS) is 1. The normalized spacial score (nSPS) is 16.0. The molecule has 3 rings (SSSR count). The fraction of sp³-hybridized carbons (Fsp3) is 0.235. The van der Waals surface area contributed by atoms with Crippen molar-refractivity contribution in [2.45, 2.75) is 19.6 Å². The van der Waals surface area contributed by atoms with Gasteiger partial charge < -0.3 is 9.84 Å². The summed E-state index contributed by atoms with van der Waals surface area (Å²) in [7, 11) is 1.49. The van der Waals surface area contributed by atoms with E-state index < -0.39 is 12.3 Å². The van der Waals surface area contributed by atoms with Crippen LogP contribution in [0, 0.1) is 6.92 Å². The quantitative estimate of drug-likeness (QED) is 0.903. The minimum absolute atomic E-state index is 0.498. The fourth-order valence-electron chi connectivity index (χ4n) is 2.55. The summed E-state index contributed by atoms with van der Waals surface area (Å²) in [6.45, 7) is 2.04. The van der Waals surface area contributed by atoms with Crippen molar-refractivity contribution < 1.29 is 14.6 Å². The van der Waals surface area contributed by atoms with Crippen molar-refractivity contribution in [2.24, 2.45) is 0 Å². The molecule has 0 spiro atoms. The van der Waals surface area contributed by atoms with Crippen molar-refractivity contribution in [3.8, 4) is 16.9 Å². The number of nitrogens with zero attached hydrogens (tertiary/aromatic N) is 1. The van der Waals surface area contributed by atoms with E-state index in [1.807, 2.05) is 43.3 Å². The highest BCUT2D eigenvalue weighted by Gasteiger charge is 2.31. The van der Waals surface area contributed by atoms with Crippen molar-refractivity contribution >= 4 is 17.7 Å². The smallest absolute Gasteiger partial charge is 0.409 e. The van der Waals surface area contributed by atoms with Crippen molar-refractivity contribution in [1.82, 2.24) is 4.90 Å². The first-order valence-electron chi connectivity index (χ1n) is 6.97. The van der Waals surface area contributed by atoms with E-state index in [9.17, 15) is 4.79 Å². The van der Waals surface area contributed by atoms with Gasteiger partial charge in [-0.2, -0.15) is 0 Å². The van der Waals surface area contributed by atoms with E-state index >= 15 is 0 Å². The highest BCUT2D eigenvalue weighted by Crippen LogP contribution is 2.40. The number of ether oxygens (including phenoxy) is 1. The van der Waals surface area contributed by atoms with Crippen LogP contribution < -0.4 is 4.74 Å². The summed E-state index contributed by atoms with van der Waals surface area (Å²) in [6.07, 6.45) is -1.05. The summed E-state index contributed by atoms with van der Waals surface area (Å²) in [5.41, 5.74) is 4.21. The Bertz CT molecular complexity index is 727. The number of fused-ring (bicyclic) bond motifs is 1. The first-order valence-corrected chi connectivity index (χ1v) is 7.35. The van der Waals surface area contributed by atoms with Crippen molar-refractivity contribution in [3.05, 3.63) is 52.5 Å². The first kappa shape index (κ1) is 14.7. The summed E-state index contributed by atoms with van der Waals surface area (Å²) in [4.78, 5) is 12.2. The van der Waals surface area contributed by atoms with E-state index in [0.717, 1.165) is 21.6 Å². The molecule has 1 aliphatic heterocycles. The van der Waals surface area contributed by atoms with Crippen LogP contribution in [0.25, 0.3) is 11.1 Å². The van der Waals surface area contributed by atoms with Crippen LogP contribution in [0.5, 0.6) is 5.75 Å². The van der Waals surface area contributed by atoms with Crippen LogP contribution in [0.1, 0.15) is 11.1 Å². The molecule has 114 valence electrons. The van der Waals surface area contributed by atoms with Crippen molar-refractivity contribution in [1.29, 1.82) is 0 Å². The van der Waals surface area contributed by atoms with Gasteiger partial charge in [-0.15, -0.1) is 0 Å². The van der Waals surface area contributed by atoms with Gasteiger partial charge in [0.1, 0.15) is 5.75 Å². The molecule has 1 atom stereocenters. The maximum Gasteiger partial charge on any atom is 0.409 e. The molecule has 0 fully saturated rings. The lowest BCUT2D eigenvalue weighted by molar-refractivity contribution is 0.0608. The van der Waals surface area contributed by atoms with E-state index in [4.69, 9.17) is 21.4 Å². The summed E-state index contributed by atoms with van der Waals surface area (Å²) >= 11 is 6.31. The molecule has 0 bridgehead atoms. The van der Waals surface area contributed by atoms with E-state index in [1.54, 1.807) is 0 Å². The molecule has 0 saturated carbocycles. The second-order valence-corrected chi connectivity index (χ2v) is 5.89. The maximum atomic E-state index is 11.1. The van der Waals surface area contributed by atoms with Gasteiger partial charge >= 0.3 is 6.09 Å². The van der Waals surface area contributed by atoms with Crippen molar-refractivity contribution in [2.75, 3.05) is 7.05 Å². The number of carbonyl (C=O) groups is 1. The molecular formula is C17H16ClNO3. The molecule has 1 heterocycles. The van der Waals surface area contributed by atoms with Gasteiger partial charge in [-0.25, -0.2) is 4.79 Å². The Balaban J connectivity index is 1.94. The van der Waals surface area contributed by atoms with Crippen LogP contribution in [0.4, 0.5) is 4.79 Å². The molecule has 0 aromatic heterocycles. The fourth-order valence-corrected chi connectivity index (χ4v) is 2.84. The average molecular weight is 318 g/mol. The number of rotatable bonds is 2. The number of benzene rings is 2. The number of amides is 1. The minimum atomic E-state index is -1.02. The zero-order chi connectivity index (χ0) is 15.9. The zero-order valence-electron chi connectivity index (χ0n) is 12.3. The van der Waals surface area contributed by atoms with Gasteiger partial charge in [0.2, 0.25) is 0 Å². The van der Waals surface area contributed by atoms with Gasteiger partial charge in [0.15, 0.2) is 6.23 Å². The molecule has 5 heteroatoms. The van der Waals surface area contributed by atoms with Crippen LogP contribution in [0.15, 0.2) is 36.4 Å². The molecule has 1 amide bonds. The molecule has 0 aliphatic carbocycles. The summed E-state index contributed by atoms with van der Waals surface area (Å²) in [5.74, 6) is 0.579. The lowest BCUT2D eigenvalue weighted by Crippen LogP contribution is -2.38. The van der Waals surface area contributed by atoms with Gasteiger partial charge in [-0.3, -0.25) is 4.90 Å². The molecule has 1 unspecified atom stereocenters. The average Bonchev–Trinajstić information content (AvgIpc) is 2.91. The van der Waals surface area contributed by atoms with Gasteiger partial charge in [-0.05, 0) is 30.2 Å². The molecule has 0 radical (unpaired) electrons. The molecule has 1 aliphatic rings. The van der Waals surface area contributed by atoms with Gasteiger partial charge in [0.25, 0.3) is 0 Å². The predicted molar refractivity (Wildman–Crippen MR) is 85.5 cm³/mol. The highest BCUT2D eigenvalue weighted by atomic mass is 35.5. The second-order valence-electron chi connectivity index (χ2n) is 5.48.